The van der Waals surface area contributed by atoms with Gasteiger partial charge >= 0.3 is 0 Å². The normalized spacial score (nSPS) is 22.1. The Bertz CT molecular complexity index is 294. The molecule has 0 bridgehead atoms. The summed E-state index contributed by atoms with van der Waals surface area (Å²) in [6, 6.07) is 0.364. The molecule has 0 aromatic heterocycles. The molecule has 1 rings (SSSR count). The zero-order chi connectivity index (χ0) is 11.1. The zero-order valence-electron chi connectivity index (χ0n) is 9.79. The van der Waals surface area contributed by atoms with E-state index in [4.69, 9.17) is 0 Å². The maximum Gasteiger partial charge on any atom is 0.0439 e. The molecular weight excluding hydrogens is 182 g/mol. The lowest BCUT2D eigenvalue weighted by Crippen LogP contribution is -2.20. The molecule has 1 nitrogen and oxygen atoms in total. The fraction of sp³-hybridized carbons (Fsp3) is 0.429. The van der Waals surface area contributed by atoms with Crippen LogP contribution in [0.5, 0.6) is 0 Å². The Morgan fingerprint density at radius 1 is 1.67 bits per heavy atom. The summed E-state index contributed by atoms with van der Waals surface area (Å²) >= 11 is 0. The third-order valence-electron chi connectivity index (χ3n) is 2.65. The largest absolute Gasteiger partial charge is 0.310 e. The fourth-order valence-corrected chi connectivity index (χ4v) is 1.82. The van der Waals surface area contributed by atoms with Gasteiger partial charge in [-0.3, -0.25) is 0 Å². The van der Waals surface area contributed by atoms with E-state index < -0.39 is 0 Å². The lowest BCUT2D eigenvalue weighted by molar-refractivity contribution is 0.787. The van der Waals surface area contributed by atoms with Gasteiger partial charge < -0.3 is 5.32 Å². The summed E-state index contributed by atoms with van der Waals surface area (Å²) in [6.45, 7) is 6.05. The Hall–Kier alpha value is -1.08. The van der Waals surface area contributed by atoms with Gasteiger partial charge in [0.1, 0.15) is 0 Å². The first-order valence-electron chi connectivity index (χ1n) is 5.69. The summed E-state index contributed by atoms with van der Waals surface area (Å²) < 4.78 is 0. The zero-order valence-corrected chi connectivity index (χ0v) is 9.79. The molecule has 0 aliphatic heterocycles. The molecule has 15 heavy (non-hydrogen) atoms. The van der Waals surface area contributed by atoms with Gasteiger partial charge in [0.05, 0.1) is 0 Å². The third kappa shape index (κ3) is 3.52. The standard InChI is InChI=1S/C14H21N/c1-4-8-12(5-2)13-9-6-7-10-14(11-13)15-3/h5,7-8,10-11,14-15H,2,4,6,9H2,1,3H3/b12-8-/t14-/m1/s1. The van der Waals surface area contributed by atoms with Crippen molar-refractivity contribution in [3.63, 3.8) is 0 Å². The quantitative estimate of drug-likeness (QED) is 0.545. The van der Waals surface area contributed by atoms with Crippen LogP contribution in [-0.4, -0.2) is 13.1 Å². The van der Waals surface area contributed by atoms with Gasteiger partial charge in [0.2, 0.25) is 0 Å². The van der Waals surface area contributed by atoms with Crippen LogP contribution in [0.1, 0.15) is 26.2 Å². The van der Waals surface area contributed by atoms with Crippen molar-refractivity contribution < 1.29 is 0 Å². The molecule has 0 saturated heterocycles. The van der Waals surface area contributed by atoms with E-state index in [1.807, 2.05) is 13.1 Å². The molecule has 0 radical (unpaired) electrons. The number of allylic oxidation sites excluding steroid dienone is 5. The minimum absolute atomic E-state index is 0.364. The minimum Gasteiger partial charge on any atom is -0.310 e. The Morgan fingerprint density at radius 2 is 2.47 bits per heavy atom. The van der Waals surface area contributed by atoms with Crippen LogP contribution < -0.4 is 5.32 Å². The second kappa shape index (κ2) is 6.41. The highest BCUT2D eigenvalue weighted by molar-refractivity contribution is 5.41. The summed E-state index contributed by atoms with van der Waals surface area (Å²) in [7, 11) is 1.99. The number of hydrogen-bond acceptors (Lipinski definition) is 1. The Kier molecular flexibility index (Phi) is 5.13. The van der Waals surface area contributed by atoms with Crippen LogP contribution in [0.3, 0.4) is 0 Å². The molecule has 0 spiro atoms. The fourth-order valence-electron chi connectivity index (χ4n) is 1.82. The second-order valence-corrected chi connectivity index (χ2v) is 3.75. The van der Waals surface area contributed by atoms with Crippen molar-refractivity contribution in [1.29, 1.82) is 0 Å². The van der Waals surface area contributed by atoms with Crippen molar-refractivity contribution >= 4 is 0 Å². The van der Waals surface area contributed by atoms with E-state index in [1.54, 1.807) is 0 Å². The molecule has 0 amide bonds. The van der Waals surface area contributed by atoms with Gasteiger partial charge in [0, 0.05) is 6.04 Å². The summed E-state index contributed by atoms with van der Waals surface area (Å²) in [4.78, 5) is 0. The second-order valence-electron chi connectivity index (χ2n) is 3.75. The minimum atomic E-state index is 0.364. The highest BCUT2D eigenvalue weighted by atomic mass is 14.8. The molecule has 1 N–H and O–H groups in total. The lowest BCUT2D eigenvalue weighted by atomic mass is 9.99. The van der Waals surface area contributed by atoms with Crippen molar-refractivity contribution in [3.05, 3.63) is 48.1 Å². The van der Waals surface area contributed by atoms with Gasteiger partial charge in [0.15, 0.2) is 0 Å². The molecule has 1 heteroatoms. The van der Waals surface area contributed by atoms with Crippen LogP contribution in [0.25, 0.3) is 0 Å². The summed E-state index contributed by atoms with van der Waals surface area (Å²) in [5, 5.41) is 3.27. The summed E-state index contributed by atoms with van der Waals surface area (Å²) in [6.07, 6.45) is 14.3. The molecule has 0 aromatic carbocycles. The molecule has 0 unspecified atom stereocenters. The van der Waals surface area contributed by atoms with Gasteiger partial charge in [-0.1, -0.05) is 43.9 Å². The predicted molar refractivity (Wildman–Crippen MR) is 67.9 cm³/mol. The van der Waals surface area contributed by atoms with Gasteiger partial charge in [-0.25, -0.2) is 0 Å². The molecule has 0 aromatic rings. The summed E-state index contributed by atoms with van der Waals surface area (Å²) in [5.41, 5.74) is 2.71. The topological polar surface area (TPSA) is 12.0 Å². The molecule has 1 aliphatic rings. The molecule has 0 heterocycles. The van der Waals surface area contributed by atoms with Gasteiger partial charge in [-0.15, -0.1) is 0 Å². The Labute approximate surface area is 93.3 Å². The molecule has 82 valence electrons. The summed E-state index contributed by atoms with van der Waals surface area (Å²) in [5.74, 6) is 0. The van der Waals surface area contributed by atoms with Crippen LogP contribution >= 0.6 is 0 Å². The van der Waals surface area contributed by atoms with Crippen LogP contribution in [-0.2, 0) is 0 Å². The van der Waals surface area contributed by atoms with Crippen molar-refractivity contribution in [2.75, 3.05) is 7.05 Å². The van der Waals surface area contributed by atoms with E-state index in [9.17, 15) is 0 Å². The lowest BCUT2D eigenvalue weighted by Gasteiger charge is -2.10. The van der Waals surface area contributed by atoms with Crippen molar-refractivity contribution in [2.45, 2.75) is 32.2 Å². The van der Waals surface area contributed by atoms with Crippen LogP contribution in [0.15, 0.2) is 48.1 Å². The van der Waals surface area contributed by atoms with Crippen molar-refractivity contribution in [3.8, 4) is 0 Å². The van der Waals surface area contributed by atoms with Crippen LogP contribution in [0.4, 0.5) is 0 Å². The first-order valence-corrected chi connectivity index (χ1v) is 5.69. The van der Waals surface area contributed by atoms with E-state index in [-0.39, 0.29) is 0 Å². The van der Waals surface area contributed by atoms with Gasteiger partial charge in [-0.2, -0.15) is 0 Å². The van der Waals surface area contributed by atoms with E-state index in [0.717, 1.165) is 19.3 Å². The van der Waals surface area contributed by atoms with Gasteiger partial charge in [0.25, 0.3) is 0 Å². The maximum atomic E-state index is 3.89. The monoisotopic (exact) mass is 203 g/mol. The Balaban J connectivity index is 2.88. The predicted octanol–water partition coefficient (Wildman–Crippen LogP) is 3.37. The van der Waals surface area contributed by atoms with E-state index in [0.29, 0.717) is 6.04 Å². The third-order valence-corrected chi connectivity index (χ3v) is 2.65. The highest BCUT2D eigenvalue weighted by Gasteiger charge is 2.07. The maximum absolute atomic E-state index is 3.89. The highest BCUT2D eigenvalue weighted by Crippen LogP contribution is 2.21. The first-order chi connectivity index (χ1) is 7.31. The van der Waals surface area contributed by atoms with Crippen molar-refractivity contribution in [2.24, 2.45) is 0 Å². The Morgan fingerprint density at radius 3 is 3.07 bits per heavy atom. The van der Waals surface area contributed by atoms with E-state index in [2.05, 4.69) is 43.1 Å². The molecular formula is C14H21N. The van der Waals surface area contributed by atoms with Crippen LogP contribution in [0.2, 0.25) is 0 Å². The SMILES string of the molecule is C=C/C(=C/CC)C1=C[C@H](NC)C=CCC1. The van der Waals surface area contributed by atoms with Crippen LogP contribution in [0, 0.1) is 0 Å². The van der Waals surface area contributed by atoms with Crippen molar-refractivity contribution in [1.82, 2.24) is 5.32 Å². The number of nitrogens with one attached hydrogen (secondary N) is 1. The average Bonchev–Trinajstić information content (AvgIpc) is 2.51. The number of likely N-dealkylation sites (N-methyl/N-ethyl adjacent to an activating group) is 1. The van der Waals surface area contributed by atoms with E-state index in [1.165, 1.54) is 11.1 Å². The van der Waals surface area contributed by atoms with E-state index >= 15 is 0 Å². The molecule has 1 aliphatic carbocycles. The average molecular weight is 203 g/mol. The first kappa shape index (κ1) is 12.0. The molecule has 0 fully saturated rings. The number of rotatable bonds is 4. The van der Waals surface area contributed by atoms with Gasteiger partial charge in [-0.05, 0) is 37.5 Å². The molecule has 1 atom stereocenters. The number of hydrogen-bond donors (Lipinski definition) is 1. The molecule has 0 saturated carbocycles. The smallest absolute Gasteiger partial charge is 0.0439 e.